The fourth-order valence-corrected chi connectivity index (χ4v) is 1.61. The molecule has 0 radical (unpaired) electrons. The Kier molecular flexibility index (Phi) is 4.11. The molecule has 3 nitrogen and oxygen atoms in total. The van der Waals surface area contributed by atoms with Crippen LogP contribution in [0.5, 0.6) is 0 Å². The highest BCUT2D eigenvalue weighted by Gasteiger charge is 2.33. The average molecular weight is 200 g/mol. The van der Waals surface area contributed by atoms with Crippen molar-refractivity contribution in [1.29, 1.82) is 0 Å². The Bertz CT molecular complexity index is 189. The maximum absolute atomic E-state index is 9.63. The van der Waals surface area contributed by atoms with Gasteiger partial charge in [0, 0.05) is 6.42 Å². The van der Waals surface area contributed by atoms with Gasteiger partial charge in [-0.3, -0.25) is 0 Å². The predicted octanol–water partition coefficient (Wildman–Crippen LogP) is 1.86. The summed E-state index contributed by atoms with van der Waals surface area (Å²) in [4.78, 5) is 0. The van der Waals surface area contributed by atoms with E-state index in [2.05, 4.69) is 6.58 Å². The second kappa shape index (κ2) is 4.91. The number of aliphatic hydroxyl groups is 1. The second-order valence-corrected chi connectivity index (χ2v) is 4.21. The van der Waals surface area contributed by atoms with Gasteiger partial charge in [-0.15, -0.1) is 6.58 Å². The van der Waals surface area contributed by atoms with Gasteiger partial charge in [0.05, 0.1) is 18.8 Å². The van der Waals surface area contributed by atoms with E-state index >= 15 is 0 Å². The van der Waals surface area contributed by atoms with E-state index in [0.717, 1.165) is 12.8 Å². The SMILES string of the molecule is C=CCC[C@H](O)C[C@@H]1COC(C)(C)O1. The van der Waals surface area contributed by atoms with Crippen LogP contribution in [0, 0.1) is 0 Å². The zero-order valence-corrected chi connectivity index (χ0v) is 9.03. The Morgan fingerprint density at radius 2 is 2.36 bits per heavy atom. The van der Waals surface area contributed by atoms with Crippen LogP contribution >= 0.6 is 0 Å². The van der Waals surface area contributed by atoms with Crippen molar-refractivity contribution in [1.82, 2.24) is 0 Å². The molecule has 1 aliphatic rings. The summed E-state index contributed by atoms with van der Waals surface area (Å²) < 4.78 is 11.0. The lowest BCUT2D eigenvalue weighted by molar-refractivity contribution is -0.141. The summed E-state index contributed by atoms with van der Waals surface area (Å²) >= 11 is 0. The fourth-order valence-electron chi connectivity index (χ4n) is 1.61. The van der Waals surface area contributed by atoms with Crippen LogP contribution < -0.4 is 0 Å². The molecule has 82 valence electrons. The first-order valence-corrected chi connectivity index (χ1v) is 5.14. The second-order valence-electron chi connectivity index (χ2n) is 4.21. The van der Waals surface area contributed by atoms with Crippen LogP contribution in [0.25, 0.3) is 0 Å². The van der Waals surface area contributed by atoms with Crippen molar-refractivity contribution >= 4 is 0 Å². The number of allylic oxidation sites excluding steroid dienone is 1. The van der Waals surface area contributed by atoms with Crippen molar-refractivity contribution < 1.29 is 14.6 Å². The lowest BCUT2D eigenvalue weighted by atomic mass is 10.1. The quantitative estimate of drug-likeness (QED) is 0.688. The van der Waals surface area contributed by atoms with E-state index in [-0.39, 0.29) is 12.2 Å². The molecule has 1 N–H and O–H groups in total. The summed E-state index contributed by atoms with van der Waals surface area (Å²) in [6, 6.07) is 0. The zero-order valence-electron chi connectivity index (χ0n) is 9.03. The molecule has 0 unspecified atom stereocenters. The van der Waals surface area contributed by atoms with Crippen molar-refractivity contribution in [3.05, 3.63) is 12.7 Å². The van der Waals surface area contributed by atoms with E-state index in [4.69, 9.17) is 9.47 Å². The molecule has 0 saturated carbocycles. The van der Waals surface area contributed by atoms with Crippen LogP contribution in [0.1, 0.15) is 33.1 Å². The van der Waals surface area contributed by atoms with Gasteiger partial charge in [0.1, 0.15) is 0 Å². The molecule has 0 spiro atoms. The molecule has 3 heteroatoms. The van der Waals surface area contributed by atoms with Gasteiger partial charge in [0.25, 0.3) is 0 Å². The zero-order chi connectivity index (χ0) is 10.6. The molecule has 14 heavy (non-hydrogen) atoms. The molecule has 0 amide bonds. The monoisotopic (exact) mass is 200 g/mol. The van der Waals surface area contributed by atoms with Gasteiger partial charge in [-0.1, -0.05) is 6.08 Å². The van der Waals surface area contributed by atoms with E-state index in [1.165, 1.54) is 0 Å². The molecule has 0 aromatic heterocycles. The highest BCUT2D eigenvalue weighted by atomic mass is 16.7. The van der Waals surface area contributed by atoms with Crippen LogP contribution in [-0.4, -0.2) is 29.7 Å². The summed E-state index contributed by atoms with van der Waals surface area (Å²) in [6.07, 6.45) is 3.79. The molecule has 0 aromatic rings. The minimum absolute atomic E-state index is 0.0322. The van der Waals surface area contributed by atoms with Crippen molar-refractivity contribution in [3.8, 4) is 0 Å². The van der Waals surface area contributed by atoms with Gasteiger partial charge >= 0.3 is 0 Å². The number of hydrogen-bond acceptors (Lipinski definition) is 3. The Morgan fingerprint density at radius 3 is 2.86 bits per heavy atom. The summed E-state index contributed by atoms with van der Waals surface area (Å²) in [5.41, 5.74) is 0. The van der Waals surface area contributed by atoms with Crippen LogP contribution in [-0.2, 0) is 9.47 Å². The third-order valence-corrected chi connectivity index (χ3v) is 2.31. The largest absolute Gasteiger partial charge is 0.393 e. The minimum Gasteiger partial charge on any atom is -0.393 e. The highest BCUT2D eigenvalue weighted by Crippen LogP contribution is 2.25. The van der Waals surface area contributed by atoms with E-state index in [1.807, 2.05) is 19.9 Å². The van der Waals surface area contributed by atoms with E-state index < -0.39 is 5.79 Å². The van der Waals surface area contributed by atoms with Crippen molar-refractivity contribution in [2.45, 2.75) is 51.1 Å². The molecular formula is C11H20O3. The fraction of sp³-hybridized carbons (Fsp3) is 0.818. The van der Waals surface area contributed by atoms with E-state index in [9.17, 15) is 5.11 Å². The molecule has 1 rings (SSSR count). The molecule has 1 aliphatic heterocycles. The minimum atomic E-state index is -0.483. The topological polar surface area (TPSA) is 38.7 Å². The molecule has 0 bridgehead atoms. The van der Waals surface area contributed by atoms with Crippen LogP contribution in [0.3, 0.4) is 0 Å². The van der Waals surface area contributed by atoms with Crippen molar-refractivity contribution in [2.24, 2.45) is 0 Å². The predicted molar refractivity (Wildman–Crippen MR) is 55.0 cm³/mol. The molecule has 1 heterocycles. The number of aliphatic hydroxyl groups excluding tert-OH is 1. The van der Waals surface area contributed by atoms with Crippen molar-refractivity contribution in [2.75, 3.05) is 6.61 Å². The maximum atomic E-state index is 9.63. The molecule has 0 aliphatic carbocycles. The summed E-state index contributed by atoms with van der Waals surface area (Å²) in [5.74, 6) is -0.483. The van der Waals surface area contributed by atoms with Gasteiger partial charge in [-0.05, 0) is 26.7 Å². The molecule has 0 aromatic carbocycles. The Hall–Kier alpha value is -0.380. The molecule has 1 saturated heterocycles. The Morgan fingerprint density at radius 1 is 1.64 bits per heavy atom. The maximum Gasteiger partial charge on any atom is 0.163 e. The summed E-state index contributed by atoms with van der Waals surface area (Å²) in [6.45, 7) is 7.99. The first-order chi connectivity index (χ1) is 6.53. The number of hydrogen-bond donors (Lipinski definition) is 1. The van der Waals surface area contributed by atoms with Gasteiger partial charge < -0.3 is 14.6 Å². The smallest absolute Gasteiger partial charge is 0.163 e. The van der Waals surface area contributed by atoms with Gasteiger partial charge in [-0.2, -0.15) is 0 Å². The third-order valence-electron chi connectivity index (χ3n) is 2.31. The van der Waals surface area contributed by atoms with Crippen molar-refractivity contribution in [3.63, 3.8) is 0 Å². The highest BCUT2D eigenvalue weighted by molar-refractivity contribution is 4.76. The molecule has 2 atom stereocenters. The van der Waals surface area contributed by atoms with Gasteiger partial charge in [0.2, 0.25) is 0 Å². The number of rotatable bonds is 5. The summed E-state index contributed by atoms with van der Waals surface area (Å²) in [5, 5.41) is 9.63. The normalized spacial score (nSPS) is 27.5. The van der Waals surface area contributed by atoms with E-state index in [0.29, 0.717) is 13.0 Å². The van der Waals surface area contributed by atoms with Gasteiger partial charge in [-0.25, -0.2) is 0 Å². The Labute approximate surface area is 85.7 Å². The first kappa shape index (κ1) is 11.7. The lowest BCUT2D eigenvalue weighted by Crippen LogP contribution is -2.24. The van der Waals surface area contributed by atoms with Crippen LogP contribution in [0.2, 0.25) is 0 Å². The number of ether oxygens (including phenoxy) is 2. The van der Waals surface area contributed by atoms with E-state index in [1.54, 1.807) is 0 Å². The summed E-state index contributed by atoms with van der Waals surface area (Å²) in [7, 11) is 0. The molecule has 1 fully saturated rings. The molecular weight excluding hydrogens is 180 g/mol. The lowest BCUT2D eigenvalue weighted by Gasteiger charge is -2.18. The third kappa shape index (κ3) is 3.78. The van der Waals surface area contributed by atoms with Crippen LogP contribution in [0.15, 0.2) is 12.7 Å². The standard InChI is InChI=1S/C11H20O3/c1-4-5-6-9(12)7-10-8-13-11(2,3)14-10/h4,9-10,12H,1,5-8H2,2-3H3/t9-,10+/m0/s1. The first-order valence-electron chi connectivity index (χ1n) is 5.14. The average Bonchev–Trinajstić information content (AvgIpc) is 2.42. The Balaban J connectivity index is 2.21. The van der Waals surface area contributed by atoms with Gasteiger partial charge in [0.15, 0.2) is 5.79 Å². The van der Waals surface area contributed by atoms with Crippen LogP contribution in [0.4, 0.5) is 0 Å².